The zero-order valence-corrected chi connectivity index (χ0v) is 7.14. The number of nitrogens with zero attached hydrogens (tertiary/aromatic N) is 1. The molecule has 0 unspecified atom stereocenters. The number of aromatic nitrogens is 1. The van der Waals surface area contributed by atoms with Crippen molar-refractivity contribution in [3.8, 4) is 0 Å². The predicted molar refractivity (Wildman–Crippen MR) is 25.6 cm³/mol. The topological polar surface area (TPSA) is 4.93 Å². The number of hydrogen-bond donors (Lipinski definition) is 0. The van der Waals surface area contributed by atoms with E-state index in [0.717, 1.165) is 26.1 Å². The minimum absolute atomic E-state index is 1.11. The third kappa shape index (κ3) is 0.831. The van der Waals surface area contributed by atoms with Gasteiger partial charge in [0.1, 0.15) is 0 Å². The van der Waals surface area contributed by atoms with Crippen LogP contribution in [0.5, 0.6) is 0 Å². The van der Waals surface area contributed by atoms with E-state index in [-0.39, 0.29) is 0 Å². The van der Waals surface area contributed by atoms with Crippen molar-refractivity contribution in [1.29, 1.82) is 0 Å². The van der Waals surface area contributed by atoms with Gasteiger partial charge in [-0.3, -0.25) is 0 Å². The second-order valence-corrected chi connectivity index (χ2v) is 3.10. The average molecular weight is 273 g/mol. The van der Waals surface area contributed by atoms with Crippen molar-refractivity contribution in [3.05, 3.63) is 24.5 Å². The Morgan fingerprint density at radius 3 is 1.83 bits per heavy atom. The summed E-state index contributed by atoms with van der Waals surface area (Å²) in [7, 11) is 0. The molecule has 0 saturated carbocycles. The Hall–Kier alpha value is 0.202. The molecular formula is C4H4NPb. The first-order valence-electron chi connectivity index (χ1n) is 1.74. The van der Waals surface area contributed by atoms with Crippen LogP contribution in [-0.4, -0.2) is 28.4 Å². The van der Waals surface area contributed by atoms with Crippen LogP contribution >= 0.6 is 0 Å². The van der Waals surface area contributed by atoms with Crippen molar-refractivity contribution in [2.75, 3.05) is 0 Å². The van der Waals surface area contributed by atoms with Crippen LogP contribution in [0.3, 0.4) is 0 Å². The monoisotopic (exact) mass is 274 g/mol. The molecule has 0 aromatic carbocycles. The molecule has 0 aliphatic rings. The Morgan fingerprint density at radius 1 is 1.17 bits per heavy atom. The van der Waals surface area contributed by atoms with E-state index >= 15 is 0 Å². The summed E-state index contributed by atoms with van der Waals surface area (Å²) in [6.45, 7) is 0. The number of hydrogen-bond acceptors (Lipinski definition) is 0. The van der Waals surface area contributed by atoms with E-state index in [2.05, 4.69) is 14.8 Å². The van der Waals surface area contributed by atoms with Gasteiger partial charge in [0.15, 0.2) is 0 Å². The van der Waals surface area contributed by atoms with Gasteiger partial charge >= 0.3 is 53.0 Å². The SMILES string of the molecule is [Pb][n]1cccc1. The summed E-state index contributed by atoms with van der Waals surface area (Å²) in [6.07, 6.45) is 4.12. The number of rotatable bonds is 0. The molecule has 3 radical (unpaired) electrons. The van der Waals surface area contributed by atoms with Crippen LogP contribution in [0.2, 0.25) is 0 Å². The van der Waals surface area contributed by atoms with Crippen molar-refractivity contribution in [1.82, 2.24) is 2.38 Å². The molecule has 0 atom stereocenters. The quantitative estimate of drug-likeness (QED) is 0.604. The van der Waals surface area contributed by atoms with Gasteiger partial charge in [-0.25, -0.2) is 0 Å². The van der Waals surface area contributed by atoms with Crippen molar-refractivity contribution in [2.24, 2.45) is 0 Å². The zero-order valence-electron chi connectivity index (χ0n) is 3.26. The molecule has 1 rings (SSSR count). The van der Waals surface area contributed by atoms with Crippen molar-refractivity contribution in [3.63, 3.8) is 0 Å². The van der Waals surface area contributed by atoms with E-state index in [1.54, 1.807) is 0 Å². The summed E-state index contributed by atoms with van der Waals surface area (Å²) in [4.78, 5) is 0. The van der Waals surface area contributed by atoms with E-state index < -0.39 is 0 Å². The molecule has 2 heteroatoms. The van der Waals surface area contributed by atoms with Gasteiger partial charge in [-0.15, -0.1) is 0 Å². The molecule has 0 aliphatic heterocycles. The van der Waals surface area contributed by atoms with Crippen LogP contribution in [-0.2, 0) is 0 Å². The maximum atomic E-state index is 2.14. The van der Waals surface area contributed by atoms with Crippen molar-refractivity contribution < 1.29 is 0 Å². The zero-order chi connectivity index (χ0) is 4.41. The van der Waals surface area contributed by atoms with E-state index in [9.17, 15) is 0 Å². The van der Waals surface area contributed by atoms with Crippen LogP contribution in [0.15, 0.2) is 24.5 Å². The first-order valence-corrected chi connectivity index (χ1v) is 3.48. The molecule has 0 amide bonds. The normalized spacial score (nSPS) is 8.83. The average Bonchev–Trinajstić information content (AvgIpc) is 1.86. The Labute approximate surface area is 53.1 Å². The van der Waals surface area contributed by atoms with Gasteiger partial charge in [-0.05, 0) is 0 Å². The van der Waals surface area contributed by atoms with Crippen LogP contribution in [0.25, 0.3) is 0 Å². The van der Waals surface area contributed by atoms with Crippen LogP contribution in [0.4, 0.5) is 0 Å². The minimum atomic E-state index is 1.11. The standard InChI is InChI=1S/C4H4N.Pb/c1-2-4-5-3-1;/h1-4H;/q-1;+1. The molecule has 0 aliphatic carbocycles. The van der Waals surface area contributed by atoms with Gasteiger partial charge in [0, 0.05) is 0 Å². The summed E-state index contributed by atoms with van der Waals surface area (Å²) in [6, 6.07) is 4.07. The van der Waals surface area contributed by atoms with Crippen molar-refractivity contribution in [2.45, 2.75) is 0 Å². The molecule has 0 bridgehead atoms. The molecule has 1 nitrogen and oxygen atoms in total. The van der Waals surface area contributed by atoms with E-state index in [4.69, 9.17) is 0 Å². The predicted octanol–water partition coefficient (Wildman–Crippen LogP) is 0.420. The summed E-state index contributed by atoms with van der Waals surface area (Å²) in [5.41, 5.74) is 0. The van der Waals surface area contributed by atoms with Crippen molar-refractivity contribution >= 4 is 26.1 Å². The first-order chi connectivity index (χ1) is 2.89. The summed E-state index contributed by atoms with van der Waals surface area (Å²) in [5.74, 6) is 0. The third-order valence-corrected chi connectivity index (χ3v) is 1.76. The van der Waals surface area contributed by atoms with Gasteiger partial charge in [-0.1, -0.05) is 0 Å². The fourth-order valence-corrected chi connectivity index (χ4v) is 1.00. The molecule has 1 aromatic rings. The second kappa shape index (κ2) is 1.77. The summed E-state index contributed by atoms with van der Waals surface area (Å²) < 4.78 is 2.14. The van der Waals surface area contributed by atoms with Gasteiger partial charge in [0.2, 0.25) is 0 Å². The van der Waals surface area contributed by atoms with E-state index in [1.165, 1.54) is 0 Å². The molecule has 1 aromatic heterocycles. The summed E-state index contributed by atoms with van der Waals surface area (Å²) in [5, 5.41) is 0. The van der Waals surface area contributed by atoms with Gasteiger partial charge < -0.3 is 0 Å². The second-order valence-electron chi connectivity index (χ2n) is 1.09. The Kier molecular flexibility index (Phi) is 1.29. The third-order valence-electron chi connectivity index (χ3n) is 0.604. The maximum absolute atomic E-state index is 2.14. The van der Waals surface area contributed by atoms with E-state index in [0.29, 0.717) is 0 Å². The van der Waals surface area contributed by atoms with Gasteiger partial charge in [0.25, 0.3) is 0 Å². The Balaban J connectivity index is 3.05. The van der Waals surface area contributed by atoms with Crippen LogP contribution < -0.4 is 0 Å². The molecule has 0 saturated heterocycles. The molecule has 29 valence electrons. The fraction of sp³-hybridized carbons (Fsp3) is 0. The first kappa shape index (κ1) is 4.36. The molecule has 0 spiro atoms. The molecule has 6 heavy (non-hydrogen) atoms. The fourth-order valence-electron chi connectivity index (χ4n) is 0.335. The molecule has 1 heterocycles. The Bertz CT molecular complexity index is 111. The Morgan fingerprint density at radius 2 is 1.67 bits per heavy atom. The van der Waals surface area contributed by atoms with Crippen LogP contribution in [0, 0.1) is 0 Å². The van der Waals surface area contributed by atoms with Crippen LogP contribution in [0.1, 0.15) is 0 Å². The summed E-state index contributed by atoms with van der Waals surface area (Å²) >= 11 is 1.11. The van der Waals surface area contributed by atoms with Gasteiger partial charge in [0.05, 0.1) is 0 Å². The van der Waals surface area contributed by atoms with Gasteiger partial charge in [-0.2, -0.15) is 0 Å². The molecule has 0 fully saturated rings. The van der Waals surface area contributed by atoms with E-state index in [1.807, 2.05) is 12.1 Å². The molecular weight excluding hydrogens is 269 g/mol. The molecule has 0 N–H and O–H groups in total.